The highest BCUT2D eigenvalue weighted by molar-refractivity contribution is 5.73. The van der Waals surface area contributed by atoms with E-state index >= 15 is 8.78 Å². The molecule has 5 heteroatoms. The van der Waals surface area contributed by atoms with Crippen LogP contribution in [-0.4, -0.2) is 7.11 Å². The Labute approximate surface area is 217 Å². The van der Waals surface area contributed by atoms with Gasteiger partial charge in [0.1, 0.15) is 0 Å². The Hall–Kier alpha value is -3.08. The van der Waals surface area contributed by atoms with Crippen molar-refractivity contribution in [3.8, 4) is 16.9 Å². The van der Waals surface area contributed by atoms with Crippen LogP contribution in [0.2, 0.25) is 0 Å². The Morgan fingerprint density at radius 2 is 1.49 bits per heavy atom. The molecular weight excluding hydrogens is 476 g/mol. The minimum Gasteiger partial charge on any atom is -0.494 e. The number of hydrogen-bond acceptors (Lipinski definition) is 1. The van der Waals surface area contributed by atoms with Crippen LogP contribution in [0, 0.1) is 29.2 Å². The first-order valence-electron chi connectivity index (χ1n) is 13.2. The first-order chi connectivity index (χ1) is 17.9. The molecule has 0 aliphatic heterocycles. The molecule has 1 aliphatic carbocycles. The maximum atomic E-state index is 15.1. The van der Waals surface area contributed by atoms with Gasteiger partial charge in [-0.05, 0) is 66.3 Å². The molecule has 196 valence electrons. The van der Waals surface area contributed by atoms with Crippen LogP contribution in [0.15, 0.2) is 48.5 Å². The zero-order chi connectivity index (χ0) is 26.4. The van der Waals surface area contributed by atoms with Gasteiger partial charge < -0.3 is 4.74 Å². The molecular formula is C32H34F4O. The number of ether oxygens (including phenoxy) is 1. The van der Waals surface area contributed by atoms with Crippen molar-refractivity contribution in [2.75, 3.05) is 7.11 Å². The van der Waals surface area contributed by atoms with Crippen molar-refractivity contribution in [1.82, 2.24) is 0 Å². The molecule has 0 N–H and O–H groups in total. The van der Waals surface area contributed by atoms with Crippen LogP contribution in [0.5, 0.6) is 5.75 Å². The Kier molecular flexibility index (Phi) is 9.07. The van der Waals surface area contributed by atoms with Gasteiger partial charge in [-0.2, -0.15) is 4.39 Å². The normalized spacial score (nSPS) is 17.9. The van der Waals surface area contributed by atoms with Gasteiger partial charge in [-0.1, -0.05) is 81.2 Å². The summed E-state index contributed by atoms with van der Waals surface area (Å²) in [7, 11) is 1.28. The molecule has 0 spiro atoms. The van der Waals surface area contributed by atoms with Gasteiger partial charge in [0.15, 0.2) is 23.2 Å². The molecule has 0 unspecified atom stereocenters. The molecule has 1 saturated carbocycles. The lowest BCUT2D eigenvalue weighted by molar-refractivity contribution is 0.298. The van der Waals surface area contributed by atoms with Crippen molar-refractivity contribution < 1.29 is 22.3 Å². The number of rotatable bonds is 9. The number of unbranched alkanes of at least 4 members (excludes halogenated alkanes) is 2. The lowest BCUT2D eigenvalue weighted by Crippen LogP contribution is -2.15. The summed E-state index contributed by atoms with van der Waals surface area (Å²) in [4.78, 5) is 0. The average Bonchev–Trinajstić information content (AvgIpc) is 2.92. The van der Waals surface area contributed by atoms with E-state index in [-0.39, 0.29) is 22.8 Å². The van der Waals surface area contributed by atoms with Crippen molar-refractivity contribution >= 4 is 12.2 Å². The Morgan fingerprint density at radius 1 is 0.757 bits per heavy atom. The molecule has 1 aliphatic rings. The van der Waals surface area contributed by atoms with Crippen molar-refractivity contribution in [3.63, 3.8) is 0 Å². The van der Waals surface area contributed by atoms with Crippen LogP contribution >= 0.6 is 0 Å². The Bertz CT molecular complexity index is 1220. The molecule has 1 nitrogen and oxygen atoms in total. The second-order valence-electron chi connectivity index (χ2n) is 9.98. The topological polar surface area (TPSA) is 9.23 Å². The standard InChI is InChI=1S/C32H34F4O/c1-3-4-5-6-21-7-12-23(13-8-21)26-18-19-27(31(35)30(26)34)24-14-9-22(10-15-24)11-16-25-17-20-28(37-2)32(36)29(25)33/h9-11,14-21,23H,3-8,12-13H2,1-2H3/b16-11+. The van der Waals surface area contributed by atoms with E-state index in [0.717, 1.165) is 25.7 Å². The highest BCUT2D eigenvalue weighted by atomic mass is 19.2. The second-order valence-corrected chi connectivity index (χ2v) is 9.98. The second kappa shape index (κ2) is 12.4. The molecule has 3 aromatic rings. The highest BCUT2D eigenvalue weighted by Crippen LogP contribution is 2.40. The molecule has 0 amide bonds. The van der Waals surface area contributed by atoms with Crippen LogP contribution in [0.1, 0.15) is 80.9 Å². The molecule has 0 saturated heterocycles. The summed E-state index contributed by atoms with van der Waals surface area (Å²) in [6.07, 6.45) is 12.1. The third kappa shape index (κ3) is 6.26. The van der Waals surface area contributed by atoms with Gasteiger partial charge in [0.05, 0.1) is 7.11 Å². The van der Waals surface area contributed by atoms with E-state index in [2.05, 4.69) is 6.92 Å². The molecule has 0 bridgehead atoms. The van der Waals surface area contributed by atoms with E-state index in [4.69, 9.17) is 4.74 Å². The smallest absolute Gasteiger partial charge is 0.201 e. The van der Waals surface area contributed by atoms with Gasteiger partial charge in [0, 0.05) is 11.1 Å². The predicted molar refractivity (Wildman–Crippen MR) is 142 cm³/mol. The molecule has 37 heavy (non-hydrogen) atoms. The van der Waals surface area contributed by atoms with Crippen molar-refractivity contribution in [2.45, 2.75) is 64.2 Å². The van der Waals surface area contributed by atoms with Gasteiger partial charge in [-0.25, -0.2) is 13.2 Å². The van der Waals surface area contributed by atoms with E-state index < -0.39 is 23.3 Å². The molecule has 0 atom stereocenters. The number of benzene rings is 3. The van der Waals surface area contributed by atoms with Crippen LogP contribution in [0.4, 0.5) is 17.6 Å². The molecule has 0 aromatic heterocycles. The van der Waals surface area contributed by atoms with Crippen LogP contribution < -0.4 is 4.74 Å². The fourth-order valence-corrected chi connectivity index (χ4v) is 5.34. The predicted octanol–water partition coefficient (Wildman–Crippen LogP) is 9.94. The lowest BCUT2D eigenvalue weighted by atomic mass is 9.76. The van der Waals surface area contributed by atoms with Gasteiger partial charge in [0.2, 0.25) is 5.82 Å². The number of halogens is 4. The van der Waals surface area contributed by atoms with Gasteiger partial charge >= 0.3 is 0 Å². The molecule has 0 heterocycles. The summed E-state index contributed by atoms with van der Waals surface area (Å²) in [5.41, 5.74) is 2.06. The minimum absolute atomic E-state index is 0.0710. The molecule has 1 fully saturated rings. The summed E-state index contributed by atoms with van der Waals surface area (Å²) < 4.78 is 63.1. The van der Waals surface area contributed by atoms with Crippen molar-refractivity contribution in [3.05, 3.63) is 88.5 Å². The Balaban J connectivity index is 1.44. The fourth-order valence-electron chi connectivity index (χ4n) is 5.34. The van der Waals surface area contributed by atoms with Crippen LogP contribution in [-0.2, 0) is 0 Å². The fraction of sp³-hybridized carbons (Fsp3) is 0.375. The third-order valence-electron chi connectivity index (χ3n) is 7.59. The highest BCUT2D eigenvalue weighted by Gasteiger charge is 2.26. The summed E-state index contributed by atoms with van der Waals surface area (Å²) in [5.74, 6) is -2.97. The largest absolute Gasteiger partial charge is 0.494 e. The molecule has 3 aromatic carbocycles. The lowest BCUT2D eigenvalue weighted by Gasteiger charge is -2.29. The minimum atomic E-state index is -1.04. The van der Waals surface area contributed by atoms with Crippen LogP contribution in [0.3, 0.4) is 0 Å². The Morgan fingerprint density at radius 3 is 2.16 bits per heavy atom. The zero-order valence-corrected chi connectivity index (χ0v) is 21.5. The van der Waals surface area contributed by atoms with E-state index in [1.54, 1.807) is 42.5 Å². The molecule has 4 rings (SSSR count). The van der Waals surface area contributed by atoms with E-state index in [1.807, 2.05) is 0 Å². The average molecular weight is 511 g/mol. The van der Waals surface area contributed by atoms with E-state index in [0.29, 0.717) is 22.6 Å². The van der Waals surface area contributed by atoms with E-state index in [9.17, 15) is 8.78 Å². The summed E-state index contributed by atoms with van der Waals surface area (Å²) in [6.45, 7) is 2.21. The third-order valence-corrected chi connectivity index (χ3v) is 7.59. The first-order valence-corrected chi connectivity index (χ1v) is 13.2. The van der Waals surface area contributed by atoms with Crippen LogP contribution in [0.25, 0.3) is 23.3 Å². The van der Waals surface area contributed by atoms with Gasteiger partial charge in [0.25, 0.3) is 0 Å². The summed E-state index contributed by atoms with van der Waals surface area (Å²) in [6, 6.07) is 13.1. The summed E-state index contributed by atoms with van der Waals surface area (Å²) >= 11 is 0. The maximum Gasteiger partial charge on any atom is 0.201 e. The maximum absolute atomic E-state index is 15.1. The SMILES string of the molecule is CCCCCC1CCC(c2ccc(-c3ccc(/C=C/c4ccc(OC)c(F)c4F)cc3)c(F)c2F)CC1. The number of hydrogen-bond donors (Lipinski definition) is 0. The van der Waals surface area contributed by atoms with Gasteiger partial charge in [-0.15, -0.1) is 0 Å². The zero-order valence-electron chi connectivity index (χ0n) is 21.5. The number of methoxy groups -OCH3 is 1. The van der Waals surface area contributed by atoms with Crippen molar-refractivity contribution in [2.24, 2.45) is 5.92 Å². The molecule has 0 radical (unpaired) electrons. The first kappa shape index (κ1) is 27.0. The van der Waals surface area contributed by atoms with E-state index in [1.165, 1.54) is 51.0 Å². The van der Waals surface area contributed by atoms with Gasteiger partial charge in [-0.3, -0.25) is 0 Å². The quantitative estimate of drug-likeness (QED) is 0.158. The monoisotopic (exact) mass is 510 g/mol. The van der Waals surface area contributed by atoms with Crippen molar-refractivity contribution in [1.29, 1.82) is 0 Å². The summed E-state index contributed by atoms with van der Waals surface area (Å²) in [5, 5.41) is 0.